The number of oxazole rings is 1. The van der Waals surface area contributed by atoms with Crippen molar-refractivity contribution in [2.45, 2.75) is 19.6 Å². The Morgan fingerprint density at radius 1 is 1.13 bits per heavy atom. The number of ether oxygens (including phenoxy) is 1. The first-order valence-electron chi connectivity index (χ1n) is 9.22. The molecule has 0 unspecified atom stereocenters. The number of para-hydroxylation sites is 1. The highest BCUT2D eigenvalue weighted by Crippen LogP contribution is 2.20. The molecule has 0 aliphatic rings. The number of nitrogens with zero attached hydrogens (tertiary/aromatic N) is 2. The Labute approximate surface area is 171 Å². The van der Waals surface area contributed by atoms with E-state index in [1.165, 1.54) is 18.2 Å². The fourth-order valence-corrected chi connectivity index (χ4v) is 2.72. The van der Waals surface area contributed by atoms with Crippen LogP contribution in [-0.2, 0) is 13.0 Å². The SMILES string of the molecule is CN=C(NCCc1coc(-c2ccc(F)cc2)n1)NCc1ccccc1OC(F)F. The average Bonchev–Trinajstić information content (AvgIpc) is 3.20. The van der Waals surface area contributed by atoms with Crippen molar-refractivity contribution in [2.24, 2.45) is 4.99 Å². The highest BCUT2D eigenvalue weighted by Gasteiger charge is 2.10. The van der Waals surface area contributed by atoms with E-state index in [0.717, 1.165) is 5.69 Å². The number of aromatic nitrogens is 1. The second-order valence-corrected chi connectivity index (χ2v) is 6.24. The number of guanidine groups is 1. The molecule has 0 aliphatic heterocycles. The zero-order valence-electron chi connectivity index (χ0n) is 16.2. The molecule has 0 saturated carbocycles. The summed E-state index contributed by atoms with van der Waals surface area (Å²) in [6, 6.07) is 12.5. The second kappa shape index (κ2) is 10.3. The van der Waals surface area contributed by atoms with Crippen molar-refractivity contribution in [1.82, 2.24) is 15.6 Å². The summed E-state index contributed by atoms with van der Waals surface area (Å²) >= 11 is 0. The molecule has 0 atom stereocenters. The molecule has 2 N–H and O–H groups in total. The molecule has 2 aromatic carbocycles. The van der Waals surface area contributed by atoms with Gasteiger partial charge in [-0.25, -0.2) is 9.37 Å². The van der Waals surface area contributed by atoms with E-state index in [1.807, 2.05) is 0 Å². The van der Waals surface area contributed by atoms with Crippen LogP contribution in [0.1, 0.15) is 11.3 Å². The third-order valence-corrected chi connectivity index (χ3v) is 4.18. The normalized spacial score (nSPS) is 11.6. The topological polar surface area (TPSA) is 71.7 Å². The lowest BCUT2D eigenvalue weighted by atomic mass is 10.2. The van der Waals surface area contributed by atoms with Gasteiger partial charge in [0.2, 0.25) is 5.89 Å². The number of hydrogen-bond acceptors (Lipinski definition) is 4. The number of benzene rings is 2. The number of nitrogens with one attached hydrogen (secondary N) is 2. The molecule has 3 aromatic rings. The predicted octanol–water partition coefficient (Wildman–Crippen LogP) is 3.99. The molecule has 0 spiro atoms. The van der Waals surface area contributed by atoms with Crippen molar-refractivity contribution in [1.29, 1.82) is 0 Å². The standard InChI is InChI=1S/C21H21F3N4O2/c1-25-21(27-12-15-4-2-3-5-18(15)30-20(23)24)26-11-10-17-13-29-19(28-17)14-6-8-16(22)9-7-14/h2-9,13,20H,10-12H2,1H3,(H2,25,26,27). The first kappa shape index (κ1) is 21.2. The van der Waals surface area contributed by atoms with Crippen LogP contribution in [0.15, 0.2) is 64.2 Å². The van der Waals surface area contributed by atoms with Crippen molar-refractivity contribution in [3.8, 4) is 17.2 Å². The molecule has 1 aromatic heterocycles. The largest absolute Gasteiger partial charge is 0.444 e. The quantitative estimate of drug-likeness (QED) is 0.428. The van der Waals surface area contributed by atoms with Crippen LogP contribution < -0.4 is 15.4 Å². The van der Waals surface area contributed by atoms with Crippen LogP contribution in [-0.4, -0.2) is 31.1 Å². The Morgan fingerprint density at radius 2 is 1.90 bits per heavy atom. The summed E-state index contributed by atoms with van der Waals surface area (Å²) in [6.45, 7) is -2.10. The van der Waals surface area contributed by atoms with Crippen LogP contribution in [0.4, 0.5) is 13.2 Å². The minimum atomic E-state index is -2.88. The molecular formula is C21H21F3N4O2. The number of aliphatic imine (C=N–C) groups is 1. The zero-order chi connectivity index (χ0) is 21.3. The van der Waals surface area contributed by atoms with Gasteiger partial charge in [-0.15, -0.1) is 0 Å². The lowest BCUT2D eigenvalue weighted by Gasteiger charge is -2.14. The lowest BCUT2D eigenvalue weighted by molar-refractivity contribution is -0.0504. The highest BCUT2D eigenvalue weighted by molar-refractivity contribution is 5.79. The number of alkyl halides is 2. The predicted molar refractivity (Wildman–Crippen MR) is 107 cm³/mol. The van der Waals surface area contributed by atoms with E-state index in [9.17, 15) is 13.2 Å². The minimum Gasteiger partial charge on any atom is -0.444 e. The smallest absolute Gasteiger partial charge is 0.387 e. The summed E-state index contributed by atoms with van der Waals surface area (Å²) in [7, 11) is 1.61. The van der Waals surface area contributed by atoms with Crippen LogP contribution in [0.3, 0.4) is 0 Å². The monoisotopic (exact) mass is 418 g/mol. The fourth-order valence-electron chi connectivity index (χ4n) is 2.72. The lowest BCUT2D eigenvalue weighted by Crippen LogP contribution is -2.38. The van der Waals surface area contributed by atoms with Gasteiger partial charge in [-0.05, 0) is 30.3 Å². The molecule has 0 amide bonds. The Balaban J connectivity index is 1.49. The number of halogens is 3. The van der Waals surface area contributed by atoms with Gasteiger partial charge >= 0.3 is 6.61 Å². The van der Waals surface area contributed by atoms with E-state index >= 15 is 0 Å². The van der Waals surface area contributed by atoms with Gasteiger partial charge in [-0.2, -0.15) is 8.78 Å². The molecule has 6 nitrogen and oxygen atoms in total. The molecule has 0 radical (unpaired) electrons. The van der Waals surface area contributed by atoms with Gasteiger partial charge in [0.15, 0.2) is 5.96 Å². The summed E-state index contributed by atoms with van der Waals surface area (Å²) < 4.78 is 48.0. The van der Waals surface area contributed by atoms with Gasteiger partial charge in [-0.3, -0.25) is 4.99 Å². The van der Waals surface area contributed by atoms with Crippen LogP contribution in [0, 0.1) is 5.82 Å². The molecular weight excluding hydrogens is 397 g/mol. The maximum atomic E-state index is 13.0. The van der Waals surface area contributed by atoms with Crippen molar-refractivity contribution < 1.29 is 22.3 Å². The highest BCUT2D eigenvalue weighted by atomic mass is 19.3. The average molecular weight is 418 g/mol. The van der Waals surface area contributed by atoms with Crippen LogP contribution in [0.5, 0.6) is 5.75 Å². The fraction of sp³-hybridized carbons (Fsp3) is 0.238. The van der Waals surface area contributed by atoms with Crippen molar-refractivity contribution >= 4 is 5.96 Å². The third kappa shape index (κ3) is 6.00. The molecule has 0 aliphatic carbocycles. The van der Waals surface area contributed by atoms with Crippen molar-refractivity contribution in [3.63, 3.8) is 0 Å². The van der Waals surface area contributed by atoms with E-state index in [4.69, 9.17) is 4.42 Å². The maximum Gasteiger partial charge on any atom is 0.387 e. The molecule has 3 rings (SSSR count). The van der Waals surface area contributed by atoms with E-state index in [0.29, 0.717) is 35.9 Å². The third-order valence-electron chi connectivity index (χ3n) is 4.18. The maximum absolute atomic E-state index is 13.0. The summed E-state index contributed by atoms with van der Waals surface area (Å²) in [5.74, 6) is 0.718. The molecule has 1 heterocycles. The summed E-state index contributed by atoms with van der Waals surface area (Å²) in [5.41, 5.74) is 2.01. The molecule has 0 fully saturated rings. The zero-order valence-corrected chi connectivity index (χ0v) is 16.2. The summed E-state index contributed by atoms with van der Waals surface area (Å²) in [6.07, 6.45) is 2.12. The van der Waals surface area contributed by atoms with E-state index in [2.05, 4.69) is 25.3 Å². The van der Waals surface area contributed by atoms with Gasteiger partial charge in [0.1, 0.15) is 17.8 Å². The molecule has 30 heavy (non-hydrogen) atoms. The first-order valence-corrected chi connectivity index (χ1v) is 9.22. The van der Waals surface area contributed by atoms with E-state index < -0.39 is 6.61 Å². The summed E-state index contributed by atoms with van der Waals surface area (Å²) in [4.78, 5) is 8.50. The van der Waals surface area contributed by atoms with E-state index in [1.54, 1.807) is 43.6 Å². The van der Waals surface area contributed by atoms with Gasteiger partial charge in [0.25, 0.3) is 0 Å². The van der Waals surface area contributed by atoms with Crippen molar-refractivity contribution in [3.05, 3.63) is 71.9 Å². The van der Waals surface area contributed by atoms with E-state index in [-0.39, 0.29) is 18.1 Å². The van der Waals surface area contributed by atoms with Crippen LogP contribution in [0.25, 0.3) is 11.5 Å². The summed E-state index contributed by atoms with van der Waals surface area (Å²) in [5, 5.41) is 6.18. The van der Waals surface area contributed by atoms with Crippen LogP contribution >= 0.6 is 0 Å². The van der Waals surface area contributed by atoms with Crippen LogP contribution in [0.2, 0.25) is 0 Å². The Hall–Kier alpha value is -3.49. The Kier molecular flexibility index (Phi) is 7.31. The number of hydrogen-bond donors (Lipinski definition) is 2. The minimum absolute atomic E-state index is 0.117. The molecule has 0 saturated heterocycles. The molecule has 0 bridgehead atoms. The molecule has 158 valence electrons. The van der Waals surface area contributed by atoms with Gasteiger partial charge in [0.05, 0.1) is 5.69 Å². The Morgan fingerprint density at radius 3 is 2.63 bits per heavy atom. The second-order valence-electron chi connectivity index (χ2n) is 6.24. The Bertz CT molecular complexity index is 974. The number of rotatable bonds is 8. The first-order chi connectivity index (χ1) is 14.5. The van der Waals surface area contributed by atoms with Gasteiger partial charge in [-0.1, -0.05) is 18.2 Å². The van der Waals surface area contributed by atoms with Gasteiger partial charge in [0, 0.05) is 37.7 Å². The van der Waals surface area contributed by atoms with Gasteiger partial charge < -0.3 is 19.8 Å². The molecule has 9 heteroatoms. The van der Waals surface area contributed by atoms with Crippen molar-refractivity contribution in [2.75, 3.05) is 13.6 Å².